The van der Waals surface area contributed by atoms with E-state index < -0.39 is 10.0 Å². The second-order valence-corrected chi connectivity index (χ2v) is 7.38. The number of nitrogens with zero attached hydrogens (tertiary/aromatic N) is 2. The van der Waals surface area contributed by atoms with Crippen molar-refractivity contribution in [2.75, 3.05) is 19.0 Å². The van der Waals surface area contributed by atoms with Gasteiger partial charge in [-0.3, -0.25) is 0 Å². The molecule has 0 aliphatic heterocycles. The SMILES string of the molecule is Cc1ccc(S(=O)(=O)N/N=C\c2cc(Br)c(N(C)C)o2)cc1. The van der Waals surface area contributed by atoms with Gasteiger partial charge in [0.05, 0.1) is 15.6 Å². The number of hydrogen-bond donors (Lipinski definition) is 1. The molecule has 118 valence electrons. The van der Waals surface area contributed by atoms with Gasteiger partial charge in [-0.2, -0.15) is 18.4 Å². The number of hydrogen-bond acceptors (Lipinski definition) is 5. The molecule has 0 unspecified atom stereocenters. The van der Waals surface area contributed by atoms with E-state index in [0.29, 0.717) is 11.6 Å². The summed E-state index contributed by atoms with van der Waals surface area (Å²) in [5, 5.41) is 3.73. The van der Waals surface area contributed by atoms with Crippen molar-refractivity contribution in [2.45, 2.75) is 11.8 Å². The van der Waals surface area contributed by atoms with E-state index in [0.717, 1.165) is 10.0 Å². The van der Waals surface area contributed by atoms with E-state index in [2.05, 4.69) is 25.9 Å². The second-order valence-electron chi connectivity index (χ2n) is 4.86. The van der Waals surface area contributed by atoms with Crippen molar-refractivity contribution in [3.8, 4) is 0 Å². The Bertz CT molecular complexity index is 780. The lowest BCUT2D eigenvalue weighted by Gasteiger charge is -2.07. The fourth-order valence-electron chi connectivity index (χ4n) is 1.67. The molecule has 1 aromatic heterocycles. The molecule has 2 rings (SSSR count). The number of hydrazone groups is 1. The first-order valence-corrected chi connectivity index (χ1v) is 8.65. The predicted molar refractivity (Wildman–Crippen MR) is 89.8 cm³/mol. The first kappa shape index (κ1) is 16.6. The van der Waals surface area contributed by atoms with Crippen LogP contribution in [0, 0.1) is 6.92 Å². The molecule has 0 aliphatic carbocycles. The number of rotatable bonds is 5. The summed E-state index contributed by atoms with van der Waals surface area (Å²) in [6.45, 7) is 1.89. The average Bonchev–Trinajstić information content (AvgIpc) is 2.80. The standard InChI is InChI=1S/C14H16BrN3O3S/c1-10-4-6-12(7-5-10)22(19,20)17-16-9-11-8-13(15)14(21-11)18(2)3/h4-9,17H,1-3H3/b16-9-. The molecule has 0 saturated carbocycles. The lowest BCUT2D eigenvalue weighted by molar-refractivity contribution is 0.556. The molecule has 22 heavy (non-hydrogen) atoms. The third kappa shape index (κ3) is 3.89. The van der Waals surface area contributed by atoms with Gasteiger partial charge in [0.2, 0.25) is 5.88 Å². The van der Waals surface area contributed by atoms with Crippen LogP contribution in [0.25, 0.3) is 0 Å². The Kier molecular flexibility index (Phi) is 4.92. The Labute approximate surface area is 138 Å². The largest absolute Gasteiger partial charge is 0.438 e. The molecule has 0 bridgehead atoms. The Morgan fingerprint density at radius 3 is 2.45 bits per heavy atom. The zero-order valence-electron chi connectivity index (χ0n) is 12.4. The van der Waals surface area contributed by atoms with Crippen LogP contribution in [0.15, 0.2) is 49.2 Å². The molecule has 1 heterocycles. The van der Waals surface area contributed by atoms with Crippen LogP contribution in [-0.2, 0) is 10.0 Å². The molecule has 0 atom stereocenters. The number of halogens is 1. The molecule has 6 nitrogen and oxygen atoms in total. The van der Waals surface area contributed by atoms with Crippen molar-refractivity contribution in [1.29, 1.82) is 0 Å². The van der Waals surface area contributed by atoms with E-state index in [-0.39, 0.29) is 4.90 Å². The van der Waals surface area contributed by atoms with Gasteiger partial charge in [-0.05, 0) is 35.0 Å². The summed E-state index contributed by atoms with van der Waals surface area (Å²) in [6.07, 6.45) is 1.31. The molecule has 0 saturated heterocycles. The normalized spacial score (nSPS) is 11.8. The van der Waals surface area contributed by atoms with Crippen LogP contribution in [0.5, 0.6) is 0 Å². The zero-order chi connectivity index (χ0) is 16.3. The van der Waals surface area contributed by atoms with Crippen molar-refractivity contribution in [1.82, 2.24) is 4.83 Å². The van der Waals surface area contributed by atoms with Gasteiger partial charge in [-0.1, -0.05) is 17.7 Å². The van der Waals surface area contributed by atoms with Crippen LogP contribution < -0.4 is 9.73 Å². The molecular weight excluding hydrogens is 370 g/mol. The first-order chi connectivity index (χ1) is 10.3. The van der Waals surface area contributed by atoms with E-state index in [1.165, 1.54) is 18.3 Å². The maximum absolute atomic E-state index is 12.0. The minimum absolute atomic E-state index is 0.157. The highest BCUT2D eigenvalue weighted by molar-refractivity contribution is 9.10. The van der Waals surface area contributed by atoms with Crippen LogP contribution in [0.2, 0.25) is 0 Å². The van der Waals surface area contributed by atoms with E-state index >= 15 is 0 Å². The van der Waals surface area contributed by atoms with Crippen LogP contribution in [0.1, 0.15) is 11.3 Å². The highest BCUT2D eigenvalue weighted by atomic mass is 79.9. The number of nitrogens with one attached hydrogen (secondary N) is 1. The minimum atomic E-state index is -3.68. The van der Waals surface area contributed by atoms with Gasteiger partial charge >= 0.3 is 0 Å². The molecule has 2 aromatic rings. The average molecular weight is 386 g/mol. The second kappa shape index (κ2) is 6.53. The summed E-state index contributed by atoms with van der Waals surface area (Å²) in [6, 6.07) is 8.22. The first-order valence-electron chi connectivity index (χ1n) is 6.38. The Hall–Kier alpha value is -1.80. The monoisotopic (exact) mass is 385 g/mol. The molecule has 1 N–H and O–H groups in total. The summed E-state index contributed by atoms with van der Waals surface area (Å²) >= 11 is 3.36. The summed E-state index contributed by atoms with van der Waals surface area (Å²) in [5.74, 6) is 1.06. The van der Waals surface area contributed by atoms with Crippen molar-refractivity contribution in [2.24, 2.45) is 5.10 Å². The summed E-state index contributed by atoms with van der Waals surface area (Å²) in [5.41, 5.74) is 0.985. The van der Waals surface area contributed by atoms with E-state index in [4.69, 9.17) is 4.42 Å². The number of sulfonamides is 1. The molecule has 8 heteroatoms. The van der Waals surface area contributed by atoms with Crippen LogP contribution >= 0.6 is 15.9 Å². The third-order valence-electron chi connectivity index (χ3n) is 2.79. The van der Waals surface area contributed by atoms with Crippen LogP contribution in [0.3, 0.4) is 0 Å². The fourth-order valence-corrected chi connectivity index (χ4v) is 3.13. The number of aryl methyl sites for hydroxylation is 1. The van der Waals surface area contributed by atoms with Crippen molar-refractivity contribution in [3.63, 3.8) is 0 Å². The lowest BCUT2D eigenvalue weighted by atomic mass is 10.2. The van der Waals surface area contributed by atoms with Crippen LogP contribution in [-0.4, -0.2) is 28.7 Å². The topological polar surface area (TPSA) is 74.9 Å². The summed E-state index contributed by atoms with van der Waals surface area (Å²) < 4.78 is 30.4. The Balaban J connectivity index is 2.11. The van der Waals surface area contributed by atoms with Crippen molar-refractivity contribution >= 4 is 38.1 Å². The maximum Gasteiger partial charge on any atom is 0.276 e. The maximum atomic E-state index is 12.0. The number of anilines is 1. The Morgan fingerprint density at radius 1 is 1.27 bits per heavy atom. The molecule has 0 aliphatic rings. The van der Waals surface area contributed by atoms with Gasteiger partial charge in [0.25, 0.3) is 10.0 Å². The molecule has 0 radical (unpaired) electrons. The van der Waals surface area contributed by atoms with E-state index in [1.54, 1.807) is 23.1 Å². The lowest BCUT2D eigenvalue weighted by Crippen LogP contribution is -2.18. The number of furan rings is 1. The van der Waals surface area contributed by atoms with Crippen molar-refractivity contribution in [3.05, 3.63) is 46.1 Å². The van der Waals surface area contributed by atoms with E-state index in [9.17, 15) is 8.42 Å². The van der Waals surface area contributed by atoms with Gasteiger partial charge in [-0.15, -0.1) is 0 Å². The van der Waals surface area contributed by atoms with Gasteiger partial charge in [0, 0.05) is 20.2 Å². The molecule has 0 amide bonds. The fraction of sp³-hybridized carbons (Fsp3) is 0.214. The smallest absolute Gasteiger partial charge is 0.276 e. The van der Waals surface area contributed by atoms with Crippen molar-refractivity contribution < 1.29 is 12.8 Å². The number of benzene rings is 1. The van der Waals surface area contributed by atoms with Crippen LogP contribution in [0.4, 0.5) is 5.88 Å². The van der Waals surface area contributed by atoms with Gasteiger partial charge in [0.1, 0.15) is 0 Å². The highest BCUT2D eigenvalue weighted by Gasteiger charge is 2.12. The minimum Gasteiger partial charge on any atom is -0.438 e. The summed E-state index contributed by atoms with van der Waals surface area (Å²) in [7, 11) is -0.00273. The quantitative estimate of drug-likeness (QED) is 0.634. The van der Waals surface area contributed by atoms with E-state index in [1.807, 2.05) is 21.0 Å². The Morgan fingerprint density at radius 2 is 1.91 bits per heavy atom. The molecule has 0 fully saturated rings. The molecule has 0 spiro atoms. The zero-order valence-corrected chi connectivity index (χ0v) is 14.8. The van der Waals surface area contributed by atoms with Gasteiger partial charge < -0.3 is 9.32 Å². The predicted octanol–water partition coefficient (Wildman–Crippen LogP) is 2.73. The highest BCUT2D eigenvalue weighted by Crippen LogP contribution is 2.27. The molecular formula is C14H16BrN3O3S. The third-order valence-corrected chi connectivity index (χ3v) is 4.60. The van der Waals surface area contributed by atoms with Gasteiger partial charge in [0.15, 0.2) is 5.76 Å². The molecule has 1 aromatic carbocycles. The summed E-state index contributed by atoms with van der Waals surface area (Å²) in [4.78, 5) is 4.10. The van der Waals surface area contributed by atoms with Gasteiger partial charge in [-0.25, -0.2) is 0 Å².